The van der Waals surface area contributed by atoms with E-state index in [2.05, 4.69) is 30.0 Å². The number of rotatable bonds is 6. The van der Waals surface area contributed by atoms with Gasteiger partial charge in [-0.25, -0.2) is 0 Å². The minimum atomic E-state index is 0.649. The zero-order valence-electron chi connectivity index (χ0n) is 13.4. The Hall–Kier alpha value is -1.74. The smallest absolute Gasteiger partial charge is 0.103 e. The number of hydrogen-bond acceptors (Lipinski definition) is 3. The van der Waals surface area contributed by atoms with E-state index in [4.69, 9.17) is 10.2 Å². The molecule has 3 heteroatoms. The molecule has 0 bridgehead atoms. The molecular weight excluding hydrogens is 272 g/mol. The molecule has 0 aliphatic heterocycles. The molecule has 1 unspecified atom stereocenters. The minimum Gasteiger partial charge on any atom is -0.469 e. The fourth-order valence-corrected chi connectivity index (χ4v) is 3.64. The monoisotopic (exact) mass is 298 g/mol. The maximum Gasteiger partial charge on any atom is 0.103 e. The van der Waals surface area contributed by atoms with Crippen molar-refractivity contribution in [3.63, 3.8) is 0 Å². The zero-order valence-corrected chi connectivity index (χ0v) is 13.4. The van der Waals surface area contributed by atoms with Gasteiger partial charge in [0.25, 0.3) is 0 Å². The second kappa shape index (κ2) is 7.01. The normalized spacial score (nSPS) is 17.6. The standard InChI is InChI=1S/C19H26N2O/c1-2-21(12-4-7-17-8-5-13-22-17)16-10-11-18-15(14-16)6-3-9-19(18)20/h3,5-6,8-9,13,16H,2,4,7,10-12,14,20H2,1H3. The molecule has 0 saturated carbocycles. The third-order valence-corrected chi connectivity index (χ3v) is 4.86. The number of furan rings is 1. The van der Waals surface area contributed by atoms with Crippen LogP contribution in [-0.4, -0.2) is 24.0 Å². The number of nitrogen functional groups attached to an aromatic ring is 1. The first-order chi connectivity index (χ1) is 10.8. The van der Waals surface area contributed by atoms with E-state index in [0.29, 0.717) is 6.04 Å². The summed E-state index contributed by atoms with van der Waals surface area (Å²) in [6.45, 7) is 4.52. The van der Waals surface area contributed by atoms with Crippen LogP contribution in [0.25, 0.3) is 0 Å². The van der Waals surface area contributed by atoms with Crippen molar-refractivity contribution in [3.05, 3.63) is 53.5 Å². The van der Waals surface area contributed by atoms with Crippen molar-refractivity contribution in [1.82, 2.24) is 4.90 Å². The summed E-state index contributed by atoms with van der Waals surface area (Å²) in [4.78, 5) is 2.62. The maximum atomic E-state index is 6.11. The number of nitrogens with two attached hydrogens (primary N) is 1. The SMILES string of the molecule is CCN(CCCc1ccco1)C1CCc2c(N)cccc2C1. The molecule has 1 aromatic heterocycles. The van der Waals surface area contributed by atoms with Gasteiger partial charge in [-0.1, -0.05) is 19.1 Å². The van der Waals surface area contributed by atoms with Gasteiger partial charge in [0.05, 0.1) is 6.26 Å². The summed E-state index contributed by atoms with van der Waals surface area (Å²) in [6, 6.07) is 11.0. The lowest BCUT2D eigenvalue weighted by Gasteiger charge is -2.35. The van der Waals surface area contributed by atoms with E-state index in [1.165, 1.54) is 17.5 Å². The van der Waals surface area contributed by atoms with Crippen LogP contribution in [-0.2, 0) is 19.3 Å². The Bertz CT molecular complexity index is 591. The van der Waals surface area contributed by atoms with Gasteiger partial charge >= 0.3 is 0 Å². The van der Waals surface area contributed by atoms with Crippen molar-refractivity contribution in [1.29, 1.82) is 0 Å². The summed E-state index contributed by atoms with van der Waals surface area (Å²) < 4.78 is 5.42. The topological polar surface area (TPSA) is 42.4 Å². The van der Waals surface area contributed by atoms with Crippen molar-refractivity contribution in [2.24, 2.45) is 0 Å². The Morgan fingerprint density at radius 3 is 2.95 bits per heavy atom. The molecular formula is C19H26N2O. The van der Waals surface area contributed by atoms with E-state index in [1.807, 2.05) is 12.1 Å². The number of nitrogens with zero attached hydrogens (tertiary/aromatic N) is 1. The zero-order chi connectivity index (χ0) is 15.4. The highest BCUT2D eigenvalue weighted by Gasteiger charge is 2.24. The lowest BCUT2D eigenvalue weighted by Crippen LogP contribution is -2.40. The van der Waals surface area contributed by atoms with E-state index in [0.717, 1.165) is 50.2 Å². The number of fused-ring (bicyclic) bond motifs is 1. The fraction of sp³-hybridized carbons (Fsp3) is 0.474. The quantitative estimate of drug-likeness (QED) is 0.827. The van der Waals surface area contributed by atoms with Crippen LogP contribution in [0.3, 0.4) is 0 Å². The van der Waals surface area contributed by atoms with Crippen LogP contribution >= 0.6 is 0 Å². The van der Waals surface area contributed by atoms with Crippen LogP contribution in [0.5, 0.6) is 0 Å². The minimum absolute atomic E-state index is 0.649. The predicted molar refractivity (Wildman–Crippen MR) is 90.9 cm³/mol. The molecule has 0 amide bonds. The molecule has 2 N–H and O–H groups in total. The summed E-state index contributed by atoms with van der Waals surface area (Å²) in [5.41, 5.74) is 9.90. The largest absolute Gasteiger partial charge is 0.469 e. The first-order valence-corrected chi connectivity index (χ1v) is 8.40. The number of aryl methyl sites for hydroxylation is 1. The van der Waals surface area contributed by atoms with E-state index >= 15 is 0 Å². The van der Waals surface area contributed by atoms with Crippen LogP contribution in [0.2, 0.25) is 0 Å². The number of benzene rings is 1. The average Bonchev–Trinajstić information content (AvgIpc) is 3.05. The second-order valence-corrected chi connectivity index (χ2v) is 6.19. The molecule has 1 aliphatic carbocycles. The van der Waals surface area contributed by atoms with Crippen molar-refractivity contribution in [3.8, 4) is 0 Å². The molecule has 22 heavy (non-hydrogen) atoms. The Kier molecular flexibility index (Phi) is 4.84. The molecule has 0 saturated heterocycles. The number of anilines is 1. The molecule has 2 aromatic rings. The van der Waals surface area contributed by atoms with E-state index in [-0.39, 0.29) is 0 Å². The van der Waals surface area contributed by atoms with Gasteiger partial charge in [0.2, 0.25) is 0 Å². The number of likely N-dealkylation sites (N-methyl/N-ethyl adjacent to an activating group) is 1. The van der Waals surface area contributed by atoms with Gasteiger partial charge in [0, 0.05) is 18.2 Å². The van der Waals surface area contributed by atoms with Crippen LogP contribution in [0.4, 0.5) is 5.69 Å². The Morgan fingerprint density at radius 1 is 1.27 bits per heavy atom. The molecule has 3 nitrogen and oxygen atoms in total. The molecule has 1 heterocycles. The van der Waals surface area contributed by atoms with Crippen LogP contribution in [0.15, 0.2) is 41.0 Å². The van der Waals surface area contributed by atoms with Gasteiger partial charge in [0.1, 0.15) is 5.76 Å². The van der Waals surface area contributed by atoms with E-state index in [9.17, 15) is 0 Å². The van der Waals surface area contributed by atoms with Crippen molar-refractivity contribution >= 4 is 5.69 Å². The first-order valence-electron chi connectivity index (χ1n) is 8.40. The van der Waals surface area contributed by atoms with Gasteiger partial charge < -0.3 is 15.1 Å². The van der Waals surface area contributed by atoms with E-state index in [1.54, 1.807) is 6.26 Å². The lowest BCUT2D eigenvalue weighted by molar-refractivity contribution is 0.186. The fourth-order valence-electron chi connectivity index (χ4n) is 3.64. The first kappa shape index (κ1) is 15.2. The summed E-state index contributed by atoms with van der Waals surface area (Å²) in [7, 11) is 0. The van der Waals surface area contributed by atoms with Crippen LogP contribution in [0.1, 0.15) is 36.7 Å². The summed E-state index contributed by atoms with van der Waals surface area (Å²) in [5.74, 6) is 1.10. The molecule has 0 spiro atoms. The highest BCUT2D eigenvalue weighted by Crippen LogP contribution is 2.28. The molecule has 118 valence electrons. The van der Waals surface area contributed by atoms with Crippen LogP contribution in [0, 0.1) is 0 Å². The highest BCUT2D eigenvalue weighted by atomic mass is 16.3. The molecule has 1 aliphatic rings. The average molecular weight is 298 g/mol. The molecule has 0 fully saturated rings. The van der Waals surface area contributed by atoms with Crippen LogP contribution < -0.4 is 5.73 Å². The van der Waals surface area contributed by atoms with Crippen molar-refractivity contribution in [2.75, 3.05) is 18.8 Å². The number of hydrogen-bond donors (Lipinski definition) is 1. The summed E-state index contributed by atoms with van der Waals surface area (Å²) in [6.07, 6.45) is 7.41. The van der Waals surface area contributed by atoms with Gasteiger partial charge in [-0.2, -0.15) is 0 Å². The molecule has 3 rings (SSSR count). The van der Waals surface area contributed by atoms with Gasteiger partial charge in [-0.05, 0) is 68.1 Å². The predicted octanol–water partition coefficient (Wildman–Crippen LogP) is 3.67. The van der Waals surface area contributed by atoms with Crippen molar-refractivity contribution < 1.29 is 4.42 Å². The lowest BCUT2D eigenvalue weighted by atomic mass is 9.86. The van der Waals surface area contributed by atoms with Gasteiger partial charge in [-0.3, -0.25) is 0 Å². The second-order valence-electron chi connectivity index (χ2n) is 6.19. The molecule has 0 radical (unpaired) electrons. The van der Waals surface area contributed by atoms with Crippen molar-refractivity contribution in [2.45, 2.75) is 45.1 Å². The highest BCUT2D eigenvalue weighted by molar-refractivity contribution is 5.52. The molecule has 1 atom stereocenters. The Morgan fingerprint density at radius 2 is 2.18 bits per heavy atom. The van der Waals surface area contributed by atoms with E-state index < -0.39 is 0 Å². The maximum absolute atomic E-state index is 6.11. The molecule has 1 aromatic carbocycles. The third-order valence-electron chi connectivity index (χ3n) is 4.86. The van der Waals surface area contributed by atoms with Gasteiger partial charge in [-0.15, -0.1) is 0 Å². The third kappa shape index (κ3) is 3.36. The summed E-state index contributed by atoms with van der Waals surface area (Å²) in [5, 5.41) is 0. The summed E-state index contributed by atoms with van der Waals surface area (Å²) >= 11 is 0. The van der Waals surface area contributed by atoms with Gasteiger partial charge in [0.15, 0.2) is 0 Å². The Balaban J connectivity index is 1.57. The Labute approximate surface area is 133 Å².